The van der Waals surface area contributed by atoms with Crippen molar-refractivity contribution in [3.05, 3.63) is 46.2 Å². The Kier molecular flexibility index (Phi) is 3.66. The lowest BCUT2D eigenvalue weighted by molar-refractivity contribution is 0.0689. The number of ether oxygens (including phenoxy) is 1. The average molecular weight is 311 g/mol. The highest BCUT2D eigenvalue weighted by molar-refractivity contribution is 9.10. The van der Waals surface area contributed by atoms with E-state index in [9.17, 15) is 4.79 Å². The Bertz CT molecular complexity index is 563. The number of nitrogens with zero attached hydrogens (tertiary/aromatic N) is 2. The number of aromatic nitrogens is 2. The van der Waals surface area contributed by atoms with Gasteiger partial charge in [0.25, 0.3) is 0 Å². The van der Waals surface area contributed by atoms with Crippen molar-refractivity contribution in [1.82, 2.24) is 9.78 Å². The van der Waals surface area contributed by atoms with Gasteiger partial charge in [0.05, 0.1) is 5.69 Å². The first-order valence-corrected chi connectivity index (χ1v) is 6.00. The molecule has 0 aliphatic carbocycles. The summed E-state index contributed by atoms with van der Waals surface area (Å²) in [5.74, 6) is -0.322. The molecule has 0 atom stereocenters. The van der Waals surface area contributed by atoms with Crippen molar-refractivity contribution >= 4 is 21.9 Å². The minimum Gasteiger partial charge on any atom is -0.487 e. The number of hydrogen-bond acceptors (Lipinski definition) is 3. The predicted molar refractivity (Wildman–Crippen MR) is 68.6 cm³/mol. The molecule has 6 heteroatoms. The predicted octanol–water partition coefficient (Wildman–Crippen LogP) is 2.46. The monoisotopic (exact) mass is 310 g/mol. The summed E-state index contributed by atoms with van der Waals surface area (Å²) in [5.41, 5.74) is 0.724. The number of benzene rings is 1. The minimum atomic E-state index is -1.04. The van der Waals surface area contributed by atoms with Gasteiger partial charge in [-0.3, -0.25) is 4.68 Å². The van der Waals surface area contributed by atoms with Gasteiger partial charge in [-0.1, -0.05) is 15.9 Å². The van der Waals surface area contributed by atoms with Crippen LogP contribution in [0.15, 0.2) is 34.8 Å². The Hall–Kier alpha value is -1.82. The minimum absolute atomic E-state index is 0.0203. The van der Waals surface area contributed by atoms with E-state index in [0.29, 0.717) is 5.69 Å². The molecule has 0 saturated heterocycles. The summed E-state index contributed by atoms with van der Waals surface area (Å²) in [4.78, 5) is 10.8. The molecule has 0 aliphatic rings. The summed E-state index contributed by atoms with van der Waals surface area (Å²) in [5, 5.41) is 12.7. The second kappa shape index (κ2) is 5.22. The number of carboxylic acid groups (broad SMARTS) is 1. The van der Waals surface area contributed by atoms with Crippen molar-refractivity contribution < 1.29 is 14.6 Å². The standard InChI is InChI=1S/C12H11BrN2O3/c1-15-9(6-11(14-15)12(16)17)7-18-10-4-2-8(13)3-5-10/h2-6H,7H2,1H3,(H,16,17). The highest BCUT2D eigenvalue weighted by atomic mass is 79.9. The fraction of sp³-hybridized carbons (Fsp3) is 0.167. The van der Waals surface area contributed by atoms with Gasteiger partial charge in [-0.2, -0.15) is 5.10 Å². The van der Waals surface area contributed by atoms with Crippen molar-refractivity contribution in [3.8, 4) is 5.75 Å². The lowest BCUT2D eigenvalue weighted by Crippen LogP contribution is -2.03. The van der Waals surface area contributed by atoms with Crippen LogP contribution in [0.3, 0.4) is 0 Å². The van der Waals surface area contributed by atoms with Crippen molar-refractivity contribution in [2.45, 2.75) is 6.61 Å². The summed E-state index contributed by atoms with van der Waals surface area (Å²) in [6.45, 7) is 0.276. The third-order valence-corrected chi connectivity index (χ3v) is 2.92. The second-order valence-corrected chi connectivity index (χ2v) is 4.61. The SMILES string of the molecule is Cn1nc(C(=O)O)cc1COc1ccc(Br)cc1. The van der Waals surface area contributed by atoms with Crippen molar-refractivity contribution in [3.63, 3.8) is 0 Å². The van der Waals surface area contributed by atoms with E-state index in [-0.39, 0.29) is 12.3 Å². The fourth-order valence-electron chi connectivity index (χ4n) is 1.43. The third-order valence-electron chi connectivity index (χ3n) is 2.40. The van der Waals surface area contributed by atoms with E-state index in [1.807, 2.05) is 24.3 Å². The van der Waals surface area contributed by atoms with E-state index in [2.05, 4.69) is 21.0 Å². The van der Waals surface area contributed by atoms with Crippen LogP contribution in [0.2, 0.25) is 0 Å². The van der Waals surface area contributed by atoms with E-state index in [0.717, 1.165) is 10.2 Å². The van der Waals surface area contributed by atoms with Gasteiger partial charge in [0.15, 0.2) is 5.69 Å². The van der Waals surface area contributed by atoms with Gasteiger partial charge in [0, 0.05) is 11.5 Å². The molecule has 1 aromatic carbocycles. The van der Waals surface area contributed by atoms with Crippen molar-refractivity contribution in [2.75, 3.05) is 0 Å². The molecule has 0 radical (unpaired) electrons. The Morgan fingerprint density at radius 3 is 2.67 bits per heavy atom. The molecule has 1 N–H and O–H groups in total. The summed E-state index contributed by atoms with van der Waals surface area (Å²) in [7, 11) is 1.69. The summed E-state index contributed by atoms with van der Waals surface area (Å²) >= 11 is 3.34. The van der Waals surface area contributed by atoms with Crippen LogP contribution in [0.5, 0.6) is 5.75 Å². The number of carboxylic acids is 1. The van der Waals surface area contributed by atoms with Gasteiger partial charge in [0.1, 0.15) is 12.4 Å². The molecule has 1 heterocycles. The number of aryl methyl sites for hydroxylation is 1. The van der Waals surface area contributed by atoms with E-state index < -0.39 is 5.97 Å². The highest BCUT2D eigenvalue weighted by Gasteiger charge is 2.11. The van der Waals surface area contributed by atoms with Crippen LogP contribution in [0.25, 0.3) is 0 Å². The largest absolute Gasteiger partial charge is 0.487 e. The first-order valence-electron chi connectivity index (χ1n) is 5.21. The zero-order chi connectivity index (χ0) is 13.1. The highest BCUT2D eigenvalue weighted by Crippen LogP contribution is 2.17. The number of carbonyl (C=O) groups is 1. The number of hydrogen-bond donors (Lipinski definition) is 1. The lowest BCUT2D eigenvalue weighted by Gasteiger charge is -2.05. The Morgan fingerprint density at radius 2 is 2.11 bits per heavy atom. The molecule has 0 spiro atoms. The summed E-state index contributed by atoms with van der Waals surface area (Å²) in [6.07, 6.45) is 0. The molecule has 0 unspecified atom stereocenters. The van der Waals surface area contributed by atoms with Crippen LogP contribution in [0.1, 0.15) is 16.2 Å². The molecule has 0 aliphatic heterocycles. The van der Waals surface area contributed by atoms with Gasteiger partial charge in [-0.15, -0.1) is 0 Å². The Labute approximate surface area is 112 Å². The van der Waals surface area contributed by atoms with E-state index in [1.165, 1.54) is 10.7 Å². The maximum atomic E-state index is 10.8. The number of rotatable bonds is 4. The molecule has 0 fully saturated rings. The lowest BCUT2D eigenvalue weighted by atomic mass is 10.3. The van der Waals surface area contributed by atoms with Crippen LogP contribution in [0, 0.1) is 0 Å². The molecular weight excluding hydrogens is 300 g/mol. The average Bonchev–Trinajstić information content (AvgIpc) is 2.70. The van der Waals surface area contributed by atoms with Gasteiger partial charge in [-0.25, -0.2) is 4.79 Å². The molecule has 5 nitrogen and oxygen atoms in total. The maximum absolute atomic E-state index is 10.8. The quantitative estimate of drug-likeness (QED) is 0.942. The van der Waals surface area contributed by atoms with Crippen LogP contribution in [-0.4, -0.2) is 20.9 Å². The van der Waals surface area contributed by atoms with Crippen molar-refractivity contribution in [1.29, 1.82) is 0 Å². The van der Waals surface area contributed by atoms with Crippen LogP contribution < -0.4 is 4.74 Å². The molecule has 1 aromatic heterocycles. The molecular formula is C12H11BrN2O3. The van der Waals surface area contributed by atoms with Gasteiger partial charge < -0.3 is 9.84 Å². The van der Waals surface area contributed by atoms with Gasteiger partial charge in [-0.05, 0) is 30.3 Å². The zero-order valence-electron chi connectivity index (χ0n) is 9.63. The van der Waals surface area contributed by atoms with Crippen LogP contribution in [0.4, 0.5) is 0 Å². The second-order valence-electron chi connectivity index (χ2n) is 3.69. The van der Waals surface area contributed by atoms with E-state index in [4.69, 9.17) is 9.84 Å². The fourth-order valence-corrected chi connectivity index (χ4v) is 1.70. The van der Waals surface area contributed by atoms with Crippen LogP contribution in [-0.2, 0) is 13.7 Å². The van der Waals surface area contributed by atoms with Crippen LogP contribution >= 0.6 is 15.9 Å². The van der Waals surface area contributed by atoms with E-state index >= 15 is 0 Å². The zero-order valence-corrected chi connectivity index (χ0v) is 11.2. The molecule has 2 aromatic rings. The maximum Gasteiger partial charge on any atom is 0.356 e. The summed E-state index contributed by atoms with van der Waals surface area (Å²) in [6, 6.07) is 8.92. The molecule has 2 rings (SSSR count). The normalized spacial score (nSPS) is 10.3. The molecule has 94 valence electrons. The Morgan fingerprint density at radius 1 is 1.44 bits per heavy atom. The van der Waals surface area contributed by atoms with Crippen molar-refractivity contribution in [2.24, 2.45) is 7.05 Å². The van der Waals surface area contributed by atoms with Gasteiger partial charge in [0.2, 0.25) is 0 Å². The number of aromatic carboxylic acids is 1. The first kappa shape index (κ1) is 12.6. The first-order chi connectivity index (χ1) is 8.56. The third kappa shape index (κ3) is 2.89. The van der Waals surface area contributed by atoms with Gasteiger partial charge >= 0.3 is 5.97 Å². The topological polar surface area (TPSA) is 64.4 Å². The number of halogens is 1. The van der Waals surface area contributed by atoms with E-state index in [1.54, 1.807) is 7.05 Å². The molecule has 0 saturated carbocycles. The molecule has 18 heavy (non-hydrogen) atoms. The smallest absolute Gasteiger partial charge is 0.356 e. The summed E-state index contributed by atoms with van der Waals surface area (Å²) < 4.78 is 8.02. The molecule has 0 bridgehead atoms. The Balaban J connectivity index is 2.06. The molecule has 0 amide bonds.